The summed E-state index contributed by atoms with van der Waals surface area (Å²) in [5.74, 6) is -0.466. The average Bonchev–Trinajstić information content (AvgIpc) is 2.95. The van der Waals surface area contributed by atoms with Crippen LogP contribution in [0.15, 0.2) is 83.9 Å². The van der Waals surface area contributed by atoms with Crippen molar-refractivity contribution in [2.75, 3.05) is 0 Å². The Morgan fingerprint density at radius 3 is 1.68 bits per heavy atom. The van der Waals surface area contributed by atoms with Gasteiger partial charge in [0.25, 0.3) is 0 Å². The molecule has 0 saturated carbocycles. The topological polar surface area (TPSA) is 119 Å². The fourth-order valence-corrected chi connectivity index (χ4v) is 4.35. The van der Waals surface area contributed by atoms with Crippen molar-refractivity contribution < 1.29 is 29.3 Å². The Hall–Kier alpha value is -3.92. The van der Waals surface area contributed by atoms with Crippen LogP contribution in [-0.4, -0.2) is 43.3 Å². The number of aromatic nitrogens is 2. The molecule has 0 amide bonds. The van der Waals surface area contributed by atoms with Gasteiger partial charge >= 0.3 is 11.9 Å². The van der Waals surface area contributed by atoms with Gasteiger partial charge in [0.15, 0.2) is 0 Å². The minimum absolute atomic E-state index is 0.220. The highest BCUT2D eigenvalue weighted by molar-refractivity contribution is 9.10. The quantitative estimate of drug-likeness (QED) is 0.144. The number of pyridine rings is 2. The molecule has 0 spiro atoms. The molecule has 0 aliphatic heterocycles. The zero-order valence-corrected chi connectivity index (χ0v) is 30.2. The van der Waals surface area contributed by atoms with Gasteiger partial charge in [-0.15, -0.1) is 6.58 Å². The summed E-state index contributed by atoms with van der Waals surface area (Å²) >= 11 is 3.39. The predicted molar refractivity (Wildman–Crippen MR) is 193 cm³/mol. The molecule has 2 atom stereocenters. The molecule has 2 N–H and O–H groups in total. The first-order chi connectivity index (χ1) is 21.9. The Morgan fingerprint density at radius 2 is 1.21 bits per heavy atom. The first-order valence-corrected chi connectivity index (χ1v) is 16.2. The second kappa shape index (κ2) is 17.8. The van der Waals surface area contributed by atoms with Crippen molar-refractivity contribution >= 4 is 55.8 Å². The number of esters is 2. The molecule has 2 aromatic carbocycles. The SMILES string of the molecule is C=CCC(=O)OC(C)(C)C.C[C@@H](O)c1ccc2ccc(/C=C/CC(=O)OC(C)(C)C)cc2n1.C[C@@H](O)c1ccc2ccc(Br)cc2n1. The molecule has 2 aromatic heterocycles. The lowest BCUT2D eigenvalue weighted by Gasteiger charge is -2.18. The summed E-state index contributed by atoms with van der Waals surface area (Å²) in [7, 11) is 0. The lowest BCUT2D eigenvalue weighted by Crippen LogP contribution is -2.23. The Kier molecular flexibility index (Phi) is 14.9. The van der Waals surface area contributed by atoms with E-state index in [-0.39, 0.29) is 30.4 Å². The fraction of sp³-hybridized carbons (Fsp3) is 0.368. The number of aliphatic hydroxyl groups excluding tert-OH is 2. The molecule has 0 unspecified atom stereocenters. The molecule has 0 saturated heterocycles. The maximum atomic E-state index is 11.7. The van der Waals surface area contributed by atoms with Crippen molar-refractivity contribution in [2.24, 2.45) is 0 Å². The Morgan fingerprint density at radius 1 is 0.766 bits per heavy atom. The number of carbonyl (C=O) groups is 2. The summed E-state index contributed by atoms with van der Waals surface area (Å²) in [6, 6.07) is 19.4. The van der Waals surface area contributed by atoms with E-state index in [0.717, 1.165) is 31.8 Å². The van der Waals surface area contributed by atoms with Crippen molar-refractivity contribution in [2.45, 2.75) is 91.6 Å². The first kappa shape index (κ1) is 39.3. The van der Waals surface area contributed by atoms with Gasteiger partial charge in [0.1, 0.15) is 11.2 Å². The monoisotopic (exact) mass is 706 g/mol. The van der Waals surface area contributed by atoms with Crippen LogP contribution in [0.4, 0.5) is 0 Å². The number of carbonyl (C=O) groups excluding carboxylic acids is 2. The lowest BCUT2D eigenvalue weighted by molar-refractivity contribution is -0.154. The van der Waals surface area contributed by atoms with Gasteiger partial charge in [0, 0.05) is 15.2 Å². The van der Waals surface area contributed by atoms with E-state index in [2.05, 4.69) is 32.5 Å². The van der Waals surface area contributed by atoms with Crippen molar-refractivity contribution in [3.05, 3.63) is 101 Å². The number of halogens is 1. The average molecular weight is 708 g/mol. The summed E-state index contributed by atoms with van der Waals surface area (Å²) in [5, 5.41) is 21.1. The van der Waals surface area contributed by atoms with Crippen molar-refractivity contribution in [1.29, 1.82) is 0 Å². The van der Waals surface area contributed by atoms with Crippen molar-refractivity contribution in [3.63, 3.8) is 0 Å². The van der Waals surface area contributed by atoms with Crippen LogP contribution < -0.4 is 0 Å². The van der Waals surface area contributed by atoms with Crippen LogP contribution in [0.25, 0.3) is 27.9 Å². The van der Waals surface area contributed by atoms with Crippen LogP contribution in [0.5, 0.6) is 0 Å². The van der Waals surface area contributed by atoms with Gasteiger partial charge in [-0.3, -0.25) is 19.6 Å². The summed E-state index contributed by atoms with van der Waals surface area (Å²) in [6.45, 7) is 17.9. The van der Waals surface area contributed by atoms with E-state index in [9.17, 15) is 19.8 Å². The molecule has 4 rings (SSSR count). The second-order valence-corrected chi connectivity index (χ2v) is 13.8. The van der Waals surface area contributed by atoms with E-state index >= 15 is 0 Å². The summed E-state index contributed by atoms with van der Waals surface area (Å²) in [6.07, 6.45) is 4.61. The van der Waals surface area contributed by atoms with E-state index in [1.165, 1.54) is 6.08 Å². The molecule has 9 heteroatoms. The molecule has 0 fully saturated rings. The molecule has 4 aromatic rings. The molecule has 47 heavy (non-hydrogen) atoms. The number of hydrogen-bond acceptors (Lipinski definition) is 8. The van der Waals surface area contributed by atoms with Crippen LogP contribution in [0.1, 0.15) is 97.4 Å². The maximum Gasteiger partial charge on any atom is 0.310 e. The van der Waals surface area contributed by atoms with Gasteiger partial charge in [0.2, 0.25) is 0 Å². The van der Waals surface area contributed by atoms with E-state index < -0.39 is 17.8 Å². The van der Waals surface area contributed by atoms with Crippen molar-refractivity contribution in [3.8, 4) is 0 Å². The Labute approximate surface area is 286 Å². The van der Waals surface area contributed by atoms with E-state index in [0.29, 0.717) is 11.4 Å². The van der Waals surface area contributed by atoms with Crippen molar-refractivity contribution in [1.82, 2.24) is 9.97 Å². The Balaban J connectivity index is 0.000000272. The molecule has 2 heterocycles. The third-order valence-electron chi connectivity index (χ3n) is 6.02. The smallest absolute Gasteiger partial charge is 0.310 e. The number of aliphatic hydroxyl groups is 2. The number of fused-ring (bicyclic) bond motifs is 2. The molecular weight excluding hydrogens is 660 g/mol. The standard InChI is InChI=1S/C19H23NO3.C11H10BrNO.C8H14O2/c1-13(21)16-11-10-15-9-8-14(12-17(15)20-16)6-5-7-18(22)23-19(2,3)4;1-7(14)10-5-3-8-2-4-9(12)6-11(8)13-10;1-5-6-7(9)10-8(2,3)4/h5-6,8-13,21H,7H2,1-4H3;2-7,14H,1H3;5H,1,6H2,2-4H3/b6-5+;;/t13-;7-;/m11./s1. The molecular formula is C38H47BrN2O6. The van der Waals surface area contributed by atoms with E-state index in [1.807, 2.05) is 108 Å². The molecule has 0 aliphatic rings. The number of nitrogens with zero attached hydrogens (tertiary/aromatic N) is 2. The van der Waals surface area contributed by atoms with Crippen LogP contribution >= 0.6 is 15.9 Å². The number of benzene rings is 2. The fourth-order valence-electron chi connectivity index (χ4n) is 4.00. The number of hydrogen-bond donors (Lipinski definition) is 2. The molecule has 0 radical (unpaired) electrons. The molecule has 8 nitrogen and oxygen atoms in total. The highest BCUT2D eigenvalue weighted by Crippen LogP contribution is 2.21. The van der Waals surface area contributed by atoms with Crippen LogP contribution in [0.2, 0.25) is 0 Å². The van der Waals surface area contributed by atoms with Crippen LogP contribution in [-0.2, 0) is 19.1 Å². The highest BCUT2D eigenvalue weighted by Gasteiger charge is 2.15. The zero-order chi connectivity index (χ0) is 35.4. The molecule has 0 aliphatic carbocycles. The van der Waals surface area contributed by atoms with Gasteiger partial charge in [-0.25, -0.2) is 0 Å². The Bertz CT molecular complexity index is 1680. The molecule has 0 bridgehead atoms. The van der Waals surface area contributed by atoms with Crippen LogP contribution in [0.3, 0.4) is 0 Å². The zero-order valence-electron chi connectivity index (χ0n) is 28.6. The van der Waals surface area contributed by atoms with E-state index in [4.69, 9.17) is 9.47 Å². The summed E-state index contributed by atoms with van der Waals surface area (Å²) in [5.41, 5.74) is 3.19. The molecule has 252 valence electrons. The third-order valence-corrected chi connectivity index (χ3v) is 6.51. The van der Waals surface area contributed by atoms with Gasteiger partial charge < -0.3 is 19.7 Å². The number of rotatable bonds is 7. The minimum Gasteiger partial charge on any atom is -0.460 e. The highest BCUT2D eigenvalue weighted by atomic mass is 79.9. The maximum absolute atomic E-state index is 11.7. The van der Waals surface area contributed by atoms with Gasteiger partial charge in [-0.1, -0.05) is 64.5 Å². The van der Waals surface area contributed by atoms with Gasteiger partial charge in [0.05, 0.1) is 47.5 Å². The second-order valence-electron chi connectivity index (χ2n) is 12.9. The van der Waals surface area contributed by atoms with E-state index in [1.54, 1.807) is 19.9 Å². The van der Waals surface area contributed by atoms with Gasteiger partial charge in [-0.05, 0) is 91.3 Å². The minimum atomic E-state index is -0.592. The van der Waals surface area contributed by atoms with Crippen LogP contribution in [0, 0.1) is 0 Å². The predicted octanol–water partition coefficient (Wildman–Crippen LogP) is 8.99. The first-order valence-electron chi connectivity index (χ1n) is 15.4. The largest absolute Gasteiger partial charge is 0.460 e. The third kappa shape index (κ3) is 15.0. The summed E-state index contributed by atoms with van der Waals surface area (Å²) < 4.78 is 11.2. The lowest BCUT2D eigenvalue weighted by atomic mass is 10.1. The summed E-state index contributed by atoms with van der Waals surface area (Å²) in [4.78, 5) is 31.2. The van der Waals surface area contributed by atoms with Gasteiger partial charge in [-0.2, -0.15) is 0 Å². The normalized spacial score (nSPS) is 12.7. The number of ether oxygens (including phenoxy) is 2.